The van der Waals surface area contributed by atoms with Crippen molar-refractivity contribution in [2.75, 3.05) is 7.11 Å². The Kier molecular flexibility index (Phi) is 3.11. The third-order valence-corrected chi connectivity index (χ3v) is 2.45. The van der Waals surface area contributed by atoms with E-state index in [0.717, 1.165) is 0 Å². The van der Waals surface area contributed by atoms with Gasteiger partial charge < -0.3 is 9.84 Å². The summed E-state index contributed by atoms with van der Waals surface area (Å²) >= 11 is 0. The fourth-order valence-corrected chi connectivity index (χ4v) is 1.27. The number of hydrogen-bond acceptors (Lipinski definition) is 2. The predicted octanol–water partition coefficient (Wildman–Crippen LogP) is 2.45. The van der Waals surface area contributed by atoms with Crippen LogP contribution in [0, 0.1) is 5.82 Å². The first kappa shape index (κ1) is 11.0. The summed E-state index contributed by atoms with van der Waals surface area (Å²) in [6, 6.07) is 4.77. The highest BCUT2D eigenvalue weighted by molar-refractivity contribution is 5.34. The van der Waals surface area contributed by atoms with Crippen LogP contribution in [-0.4, -0.2) is 12.2 Å². The molecule has 3 heteroatoms. The summed E-state index contributed by atoms with van der Waals surface area (Å²) in [5, 5.41) is 9.90. The molecule has 0 aromatic heterocycles. The third-order valence-electron chi connectivity index (χ3n) is 2.45. The number of aliphatic hydroxyl groups is 1. The van der Waals surface area contributed by atoms with E-state index in [-0.39, 0.29) is 11.3 Å². The molecule has 1 rings (SSSR count). The van der Waals surface area contributed by atoms with E-state index in [1.54, 1.807) is 26.0 Å². The summed E-state index contributed by atoms with van der Waals surface area (Å²) < 4.78 is 18.5. The third kappa shape index (κ3) is 1.87. The topological polar surface area (TPSA) is 29.5 Å². The monoisotopic (exact) mass is 198 g/mol. The SMILES string of the molecule is CCC(C)(O)c1cccc(OC)c1F. The molecule has 1 aromatic carbocycles. The van der Waals surface area contributed by atoms with Gasteiger partial charge in [0.15, 0.2) is 11.6 Å². The highest BCUT2D eigenvalue weighted by atomic mass is 19.1. The molecule has 0 radical (unpaired) electrons. The molecule has 0 aliphatic heterocycles. The fraction of sp³-hybridized carbons (Fsp3) is 0.455. The number of hydrogen-bond donors (Lipinski definition) is 1. The van der Waals surface area contributed by atoms with E-state index in [0.29, 0.717) is 6.42 Å². The van der Waals surface area contributed by atoms with Crippen molar-refractivity contribution in [3.05, 3.63) is 29.6 Å². The molecule has 0 aliphatic carbocycles. The minimum Gasteiger partial charge on any atom is -0.494 e. The van der Waals surface area contributed by atoms with Crippen LogP contribution < -0.4 is 4.74 Å². The standard InChI is InChI=1S/C11H15FO2/c1-4-11(2,13)8-6-5-7-9(14-3)10(8)12/h5-7,13H,4H2,1-3H3. The van der Waals surface area contributed by atoms with Gasteiger partial charge in [-0.05, 0) is 19.4 Å². The molecular weight excluding hydrogens is 183 g/mol. The Hall–Kier alpha value is -1.09. The minimum atomic E-state index is -1.14. The van der Waals surface area contributed by atoms with Crippen LogP contribution in [0.15, 0.2) is 18.2 Å². The zero-order chi connectivity index (χ0) is 10.8. The molecule has 1 unspecified atom stereocenters. The van der Waals surface area contributed by atoms with Gasteiger partial charge in [0.25, 0.3) is 0 Å². The van der Waals surface area contributed by atoms with Gasteiger partial charge in [-0.15, -0.1) is 0 Å². The van der Waals surface area contributed by atoms with Crippen molar-refractivity contribution in [2.45, 2.75) is 25.9 Å². The van der Waals surface area contributed by atoms with Gasteiger partial charge in [-0.1, -0.05) is 19.1 Å². The normalized spacial score (nSPS) is 14.9. The lowest BCUT2D eigenvalue weighted by Gasteiger charge is -2.23. The first-order valence-electron chi connectivity index (χ1n) is 4.58. The van der Waals surface area contributed by atoms with Gasteiger partial charge in [0.1, 0.15) is 0 Å². The second kappa shape index (κ2) is 3.96. The first-order valence-corrected chi connectivity index (χ1v) is 4.58. The molecule has 1 atom stereocenters. The van der Waals surface area contributed by atoms with Gasteiger partial charge in [-0.3, -0.25) is 0 Å². The van der Waals surface area contributed by atoms with Crippen LogP contribution in [0.4, 0.5) is 4.39 Å². The zero-order valence-electron chi connectivity index (χ0n) is 8.67. The van der Waals surface area contributed by atoms with Crippen molar-refractivity contribution in [3.8, 4) is 5.75 Å². The maximum Gasteiger partial charge on any atom is 0.171 e. The number of methoxy groups -OCH3 is 1. The van der Waals surface area contributed by atoms with Gasteiger partial charge in [0.05, 0.1) is 12.7 Å². The molecule has 0 spiro atoms. The molecule has 0 saturated carbocycles. The molecule has 0 heterocycles. The predicted molar refractivity (Wildman–Crippen MR) is 52.8 cm³/mol. The van der Waals surface area contributed by atoms with Crippen LogP contribution in [0.3, 0.4) is 0 Å². The van der Waals surface area contributed by atoms with Crippen molar-refractivity contribution < 1.29 is 14.2 Å². The number of rotatable bonds is 3. The quantitative estimate of drug-likeness (QED) is 0.808. The second-order valence-corrected chi connectivity index (χ2v) is 3.45. The zero-order valence-corrected chi connectivity index (χ0v) is 8.67. The van der Waals surface area contributed by atoms with Crippen molar-refractivity contribution in [3.63, 3.8) is 0 Å². The number of ether oxygens (including phenoxy) is 1. The van der Waals surface area contributed by atoms with Crippen molar-refractivity contribution in [1.29, 1.82) is 0 Å². The Bertz CT molecular complexity index is 321. The summed E-state index contributed by atoms with van der Waals surface area (Å²) in [4.78, 5) is 0. The van der Waals surface area contributed by atoms with Crippen molar-refractivity contribution in [1.82, 2.24) is 0 Å². The van der Waals surface area contributed by atoms with Crippen molar-refractivity contribution in [2.24, 2.45) is 0 Å². The molecule has 1 N–H and O–H groups in total. The molecule has 0 amide bonds. The van der Waals surface area contributed by atoms with Gasteiger partial charge in [0, 0.05) is 5.56 Å². The lowest BCUT2D eigenvalue weighted by atomic mass is 9.93. The Morgan fingerprint density at radius 2 is 2.14 bits per heavy atom. The lowest BCUT2D eigenvalue weighted by Crippen LogP contribution is -2.21. The highest BCUT2D eigenvalue weighted by Crippen LogP contribution is 2.30. The average molecular weight is 198 g/mol. The van der Waals surface area contributed by atoms with E-state index in [4.69, 9.17) is 4.74 Å². The smallest absolute Gasteiger partial charge is 0.171 e. The second-order valence-electron chi connectivity index (χ2n) is 3.45. The Labute approximate surface area is 83.3 Å². The molecule has 1 aromatic rings. The molecule has 0 fully saturated rings. The van der Waals surface area contributed by atoms with Crippen LogP contribution in [0.5, 0.6) is 5.75 Å². The average Bonchev–Trinajstić information content (AvgIpc) is 2.18. The molecule has 0 bridgehead atoms. The number of benzene rings is 1. The molecular formula is C11H15FO2. The Balaban J connectivity index is 3.22. The largest absolute Gasteiger partial charge is 0.494 e. The maximum atomic E-state index is 13.7. The maximum absolute atomic E-state index is 13.7. The van der Waals surface area contributed by atoms with E-state index in [9.17, 15) is 9.50 Å². The highest BCUT2D eigenvalue weighted by Gasteiger charge is 2.25. The summed E-state index contributed by atoms with van der Waals surface area (Å²) in [7, 11) is 1.41. The van der Waals surface area contributed by atoms with Crippen LogP contribution >= 0.6 is 0 Å². The lowest BCUT2D eigenvalue weighted by molar-refractivity contribution is 0.0488. The van der Waals surface area contributed by atoms with Gasteiger partial charge in [-0.25, -0.2) is 4.39 Å². The summed E-state index contributed by atoms with van der Waals surface area (Å²) in [5.74, 6) is -0.321. The Morgan fingerprint density at radius 3 is 2.64 bits per heavy atom. The number of halogens is 1. The Morgan fingerprint density at radius 1 is 1.50 bits per heavy atom. The van der Waals surface area contributed by atoms with E-state index in [1.165, 1.54) is 13.2 Å². The van der Waals surface area contributed by atoms with Crippen LogP contribution in [0.1, 0.15) is 25.8 Å². The van der Waals surface area contributed by atoms with E-state index < -0.39 is 11.4 Å². The van der Waals surface area contributed by atoms with Gasteiger partial charge in [0.2, 0.25) is 0 Å². The van der Waals surface area contributed by atoms with Crippen LogP contribution in [0.25, 0.3) is 0 Å². The summed E-state index contributed by atoms with van der Waals surface area (Å²) in [6.07, 6.45) is 0.455. The van der Waals surface area contributed by atoms with Gasteiger partial charge in [-0.2, -0.15) is 0 Å². The molecule has 78 valence electrons. The molecule has 2 nitrogen and oxygen atoms in total. The molecule has 0 saturated heterocycles. The van der Waals surface area contributed by atoms with E-state index in [1.807, 2.05) is 0 Å². The van der Waals surface area contributed by atoms with E-state index >= 15 is 0 Å². The fourth-order valence-electron chi connectivity index (χ4n) is 1.27. The van der Waals surface area contributed by atoms with Gasteiger partial charge >= 0.3 is 0 Å². The van der Waals surface area contributed by atoms with E-state index in [2.05, 4.69) is 0 Å². The summed E-state index contributed by atoms with van der Waals surface area (Å²) in [6.45, 7) is 3.39. The van der Waals surface area contributed by atoms with Crippen LogP contribution in [-0.2, 0) is 5.60 Å². The first-order chi connectivity index (χ1) is 6.53. The van der Waals surface area contributed by atoms with Crippen molar-refractivity contribution >= 4 is 0 Å². The molecule has 0 aliphatic rings. The molecule has 14 heavy (non-hydrogen) atoms. The summed E-state index contributed by atoms with van der Waals surface area (Å²) in [5.41, 5.74) is -0.863. The van der Waals surface area contributed by atoms with Crippen LogP contribution in [0.2, 0.25) is 0 Å². The minimum absolute atomic E-state index is 0.163.